The van der Waals surface area contributed by atoms with E-state index in [-0.39, 0.29) is 29.7 Å². The Balaban J connectivity index is 2.15. The van der Waals surface area contributed by atoms with E-state index < -0.39 is 0 Å². The van der Waals surface area contributed by atoms with Gasteiger partial charge < -0.3 is 0 Å². The van der Waals surface area contributed by atoms with E-state index >= 15 is 0 Å². The van der Waals surface area contributed by atoms with Crippen molar-refractivity contribution < 1.29 is 9.59 Å². The molecule has 16 heavy (non-hydrogen) atoms. The molecule has 3 nitrogen and oxygen atoms in total. The molecule has 1 heterocycles. The van der Waals surface area contributed by atoms with E-state index in [1.807, 2.05) is 0 Å². The van der Waals surface area contributed by atoms with Crippen LogP contribution in [0.2, 0.25) is 0 Å². The minimum absolute atomic E-state index is 0.0256. The minimum Gasteiger partial charge on any atom is -0.279 e. The summed E-state index contributed by atoms with van der Waals surface area (Å²) in [4.78, 5) is 25.7. The van der Waals surface area contributed by atoms with Crippen LogP contribution >= 0.6 is 0 Å². The zero-order valence-corrected chi connectivity index (χ0v) is 9.95. The molecule has 1 aliphatic heterocycles. The van der Waals surface area contributed by atoms with E-state index in [1.165, 1.54) is 4.90 Å². The zero-order valence-electron chi connectivity index (χ0n) is 9.95. The van der Waals surface area contributed by atoms with Gasteiger partial charge in [-0.05, 0) is 26.2 Å². The highest BCUT2D eigenvalue weighted by atomic mass is 16.2. The molecule has 2 aliphatic rings. The normalized spacial score (nSPS) is 31.8. The molecule has 1 radical (unpaired) electrons. The van der Waals surface area contributed by atoms with Crippen LogP contribution < -0.4 is 0 Å². The van der Waals surface area contributed by atoms with Crippen molar-refractivity contribution in [3.05, 3.63) is 6.92 Å². The van der Waals surface area contributed by atoms with Crippen LogP contribution in [0.5, 0.6) is 0 Å². The Bertz CT molecular complexity index is 276. The molecular formula is C13H20NO2. The van der Waals surface area contributed by atoms with Crippen molar-refractivity contribution in [2.45, 2.75) is 51.5 Å². The van der Waals surface area contributed by atoms with Gasteiger partial charge in [0.05, 0.1) is 11.8 Å². The predicted octanol–water partition coefficient (Wildman–Crippen LogP) is 2.16. The number of fused-ring (bicyclic) bond motifs is 1. The molecule has 2 amide bonds. The van der Waals surface area contributed by atoms with Crippen LogP contribution in [0.4, 0.5) is 0 Å². The zero-order chi connectivity index (χ0) is 11.7. The van der Waals surface area contributed by atoms with Gasteiger partial charge in [-0.1, -0.05) is 26.2 Å². The number of rotatable bonds is 3. The first-order valence-electron chi connectivity index (χ1n) is 6.36. The highest BCUT2D eigenvalue weighted by molar-refractivity contribution is 6.05. The number of hydrogen-bond donors (Lipinski definition) is 0. The van der Waals surface area contributed by atoms with E-state index in [0.29, 0.717) is 0 Å². The van der Waals surface area contributed by atoms with Crippen LogP contribution in [0, 0.1) is 18.8 Å². The second kappa shape index (κ2) is 4.56. The summed E-state index contributed by atoms with van der Waals surface area (Å²) in [6.07, 6.45) is 5.74. The average molecular weight is 222 g/mol. The predicted molar refractivity (Wildman–Crippen MR) is 61.4 cm³/mol. The molecule has 89 valence electrons. The number of carbonyl (C=O) groups excluding carboxylic acids is 2. The summed E-state index contributed by atoms with van der Waals surface area (Å²) >= 11 is 0. The summed E-state index contributed by atoms with van der Waals surface area (Å²) in [7, 11) is 0. The summed E-state index contributed by atoms with van der Waals surface area (Å²) in [5.41, 5.74) is 0. The van der Waals surface area contributed by atoms with Gasteiger partial charge >= 0.3 is 0 Å². The molecule has 0 aromatic rings. The summed E-state index contributed by atoms with van der Waals surface area (Å²) in [6, 6.07) is -0.157. The minimum atomic E-state index is -0.157. The molecule has 0 spiro atoms. The largest absolute Gasteiger partial charge is 0.279 e. The van der Waals surface area contributed by atoms with Crippen molar-refractivity contribution in [2.24, 2.45) is 11.8 Å². The molecule has 0 N–H and O–H groups in total. The Morgan fingerprint density at radius 2 is 1.75 bits per heavy atom. The fourth-order valence-electron chi connectivity index (χ4n) is 3.01. The quantitative estimate of drug-likeness (QED) is 0.686. The summed E-state index contributed by atoms with van der Waals surface area (Å²) in [5, 5.41) is 0. The van der Waals surface area contributed by atoms with Gasteiger partial charge in [0, 0.05) is 6.04 Å². The highest BCUT2D eigenvalue weighted by Gasteiger charge is 2.49. The third kappa shape index (κ3) is 1.76. The molecule has 1 saturated carbocycles. The Morgan fingerprint density at radius 3 is 2.19 bits per heavy atom. The van der Waals surface area contributed by atoms with Gasteiger partial charge in [-0.15, -0.1) is 0 Å². The van der Waals surface area contributed by atoms with Gasteiger partial charge in [0.1, 0.15) is 0 Å². The molecule has 2 fully saturated rings. The monoisotopic (exact) mass is 222 g/mol. The third-order valence-electron chi connectivity index (χ3n) is 3.86. The number of hydrogen-bond acceptors (Lipinski definition) is 2. The SMILES string of the molecule is [CH2]C(CCC)N1C(=O)C2CCCCC2C1=O. The van der Waals surface area contributed by atoms with E-state index in [4.69, 9.17) is 0 Å². The first-order valence-corrected chi connectivity index (χ1v) is 6.36. The maximum absolute atomic E-state index is 12.1. The highest BCUT2D eigenvalue weighted by Crippen LogP contribution is 2.39. The summed E-state index contributed by atoms with van der Waals surface area (Å²) in [6.45, 7) is 6.00. The van der Waals surface area contributed by atoms with Crippen molar-refractivity contribution in [1.29, 1.82) is 0 Å². The molecule has 3 heteroatoms. The molecule has 2 rings (SSSR count). The molecule has 3 atom stereocenters. The van der Waals surface area contributed by atoms with E-state index in [2.05, 4.69) is 13.8 Å². The van der Waals surface area contributed by atoms with Gasteiger partial charge in [0.2, 0.25) is 11.8 Å². The lowest BCUT2D eigenvalue weighted by molar-refractivity contribution is -0.141. The van der Waals surface area contributed by atoms with Crippen LogP contribution in [0.1, 0.15) is 45.4 Å². The molecule has 0 aromatic heterocycles. The van der Waals surface area contributed by atoms with Crippen LogP contribution in [0.25, 0.3) is 0 Å². The molecule has 3 unspecified atom stereocenters. The Kier molecular flexibility index (Phi) is 3.31. The maximum atomic E-state index is 12.1. The van der Waals surface area contributed by atoms with E-state index in [1.54, 1.807) is 0 Å². The molecule has 1 saturated heterocycles. The Labute approximate surface area is 97.2 Å². The van der Waals surface area contributed by atoms with Crippen molar-refractivity contribution in [3.8, 4) is 0 Å². The fourth-order valence-corrected chi connectivity index (χ4v) is 3.01. The van der Waals surface area contributed by atoms with Crippen LogP contribution in [0.3, 0.4) is 0 Å². The second-order valence-electron chi connectivity index (χ2n) is 4.99. The van der Waals surface area contributed by atoms with Crippen LogP contribution in [-0.2, 0) is 9.59 Å². The van der Waals surface area contributed by atoms with E-state index in [9.17, 15) is 9.59 Å². The smallest absolute Gasteiger partial charge is 0.233 e. The lowest BCUT2D eigenvalue weighted by Crippen LogP contribution is -2.39. The van der Waals surface area contributed by atoms with Crippen molar-refractivity contribution in [2.75, 3.05) is 0 Å². The number of nitrogens with zero attached hydrogens (tertiary/aromatic N) is 1. The molecule has 0 bridgehead atoms. The number of amides is 2. The summed E-state index contributed by atoms with van der Waals surface area (Å²) in [5.74, 6) is 0.0380. The first kappa shape index (κ1) is 11.6. The number of imide groups is 1. The molecule has 1 aliphatic carbocycles. The average Bonchev–Trinajstić information content (AvgIpc) is 2.53. The van der Waals surface area contributed by atoms with Gasteiger partial charge in [-0.2, -0.15) is 0 Å². The second-order valence-corrected chi connectivity index (χ2v) is 4.99. The fraction of sp³-hybridized carbons (Fsp3) is 0.769. The topological polar surface area (TPSA) is 37.4 Å². The molecule has 0 aromatic carbocycles. The first-order chi connectivity index (χ1) is 7.66. The van der Waals surface area contributed by atoms with Crippen molar-refractivity contribution in [3.63, 3.8) is 0 Å². The lowest BCUT2D eigenvalue weighted by Gasteiger charge is -2.22. The number of carbonyl (C=O) groups is 2. The Hall–Kier alpha value is -0.860. The molecular weight excluding hydrogens is 202 g/mol. The standard InChI is InChI=1S/C13H20NO2/c1-3-6-9(2)14-12(15)10-7-4-5-8-11(10)13(14)16/h9-11H,2-8H2,1H3. The maximum Gasteiger partial charge on any atom is 0.233 e. The third-order valence-corrected chi connectivity index (χ3v) is 3.86. The van der Waals surface area contributed by atoms with Gasteiger partial charge in [-0.3, -0.25) is 14.5 Å². The Morgan fingerprint density at radius 1 is 1.25 bits per heavy atom. The lowest BCUT2D eigenvalue weighted by atomic mass is 9.81. The van der Waals surface area contributed by atoms with Crippen LogP contribution in [-0.4, -0.2) is 22.8 Å². The van der Waals surface area contributed by atoms with Gasteiger partial charge in [-0.25, -0.2) is 0 Å². The van der Waals surface area contributed by atoms with E-state index in [0.717, 1.165) is 38.5 Å². The van der Waals surface area contributed by atoms with Gasteiger partial charge in [0.25, 0.3) is 0 Å². The number of likely N-dealkylation sites (tertiary alicyclic amines) is 1. The van der Waals surface area contributed by atoms with Crippen LogP contribution in [0.15, 0.2) is 0 Å². The summed E-state index contributed by atoms with van der Waals surface area (Å²) < 4.78 is 0. The van der Waals surface area contributed by atoms with Crippen molar-refractivity contribution in [1.82, 2.24) is 4.90 Å². The van der Waals surface area contributed by atoms with Crippen molar-refractivity contribution >= 4 is 11.8 Å². The van der Waals surface area contributed by atoms with Gasteiger partial charge in [0.15, 0.2) is 0 Å².